The van der Waals surface area contributed by atoms with Crippen molar-refractivity contribution in [2.75, 3.05) is 13.1 Å². The van der Waals surface area contributed by atoms with Crippen molar-refractivity contribution in [2.24, 2.45) is 16.7 Å². The average molecular weight is 405 g/mol. The molecule has 1 aliphatic heterocycles. The van der Waals surface area contributed by atoms with Crippen LogP contribution >= 0.6 is 0 Å². The van der Waals surface area contributed by atoms with Gasteiger partial charge < -0.3 is 5.32 Å². The van der Waals surface area contributed by atoms with Crippen LogP contribution in [0.1, 0.15) is 69.7 Å². The van der Waals surface area contributed by atoms with Gasteiger partial charge in [0.1, 0.15) is 0 Å². The van der Waals surface area contributed by atoms with Gasteiger partial charge in [0, 0.05) is 24.7 Å². The molecule has 0 spiro atoms. The molecule has 1 amide bonds. The molecule has 1 aromatic rings. The summed E-state index contributed by atoms with van der Waals surface area (Å²) in [5, 5.41) is 3.27. The largest absolute Gasteiger partial charge is 0.348 e. The first kappa shape index (κ1) is 19.9. The van der Waals surface area contributed by atoms with Gasteiger partial charge in [0.15, 0.2) is 0 Å². The molecule has 2 saturated carbocycles. The van der Waals surface area contributed by atoms with E-state index in [9.17, 15) is 13.2 Å². The van der Waals surface area contributed by atoms with Gasteiger partial charge in [-0.3, -0.25) is 4.79 Å². The van der Waals surface area contributed by atoms with Crippen LogP contribution in [-0.2, 0) is 10.0 Å². The van der Waals surface area contributed by atoms with Crippen molar-refractivity contribution in [3.63, 3.8) is 0 Å². The number of nitrogens with zero attached hydrogens (tertiary/aromatic N) is 1. The second-order valence-corrected chi connectivity index (χ2v) is 11.8. The van der Waals surface area contributed by atoms with Crippen LogP contribution in [0.2, 0.25) is 0 Å². The van der Waals surface area contributed by atoms with Gasteiger partial charge in [-0.15, -0.1) is 0 Å². The zero-order valence-electron chi connectivity index (χ0n) is 17.2. The topological polar surface area (TPSA) is 66.5 Å². The third-order valence-corrected chi connectivity index (χ3v) is 9.49. The number of fused-ring (bicyclic) bond motifs is 2. The van der Waals surface area contributed by atoms with E-state index in [1.807, 2.05) is 0 Å². The van der Waals surface area contributed by atoms with E-state index < -0.39 is 10.0 Å². The Morgan fingerprint density at radius 2 is 1.86 bits per heavy atom. The molecule has 0 unspecified atom stereocenters. The Morgan fingerprint density at radius 1 is 1.14 bits per heavy atom. The van der Waals surface area contributed by atoms with Crippen molar-refractivity contribution < 1.29 is 13.2 Å². The first-order valence-corrected chi connectivity index (χ1v) is 12.0. The Balaban J connectivity index is 1.55. The molecule has 0 aromatic heterocycles. The predicted octanol–water partition coefficient (Wildman–Crippen LogP) is 3.81. The molecule has 6 heteroatoms. The van der Waals surface area contributed by atoms with Crippen molar-refractivity contribution in [1.82, 2.24) is 9.62 Å². The highest BCUT2D eigenvalue weighted by molar-refractivity contribution is 7.89. The first-order chi connectivity index (χ1) is 13.1. The third kappa shape index (κ3) is 3.18. The van der Waals surface area contributed by atoms with Gasteiger partial charge in [-0.05, 0) is 67.1 Å². The SMILES string of the molecule is CC1(C)[C@@H]2CC[C@](C)(C2)[C@@H]1NC(=O)c1cccc(S(=O)(=O)N2CCCCC2)c1. The van der Waals surface area contributed by atoms with E-state index in [0.717, 1.165) is 32.1 Å². The fourth-order valence-corrected chi connectivity index (χ4v) is 7.49. The number of carbonyl (C=O) groups is 1. The lowest BCUT2D eigenvalue weighted by atomic mass is 9.68. The number of nitrogens with one attached hydrogen (secondary N) is 1. The minimum absolute atomic E-state index is 0.0696. The average Bonchev–Trinajstić information content (AvgIpc) is 3.17. The highest BCUT2D eigenvalue weighted by atomic mass is 32.2. The number of benzene rings is 1. The molecule has 1 heterocycles. The molecule has 28 heavy (non-hydrogen) atoms. The normalized spacial score (nSPS) is 32.4. The lowest BCUT2D eigenvalue weighted by Gasteiger charge is -2.43. The van der Waals surface area contributed by atoms with Crippen molar-refractivity contribution in [3.8, 4) is 0 Å². The quantitative estimate of drug-likeness (QED) is 0.830. The van der Waals surface area contributed by atoms with E-state index in [-0.39, 0.29) is 27.7 Å². The molecule has 1 N–H and O–H groups in total. The molecule has 1 aromatic carbocycles. The van der Waals surface area contributed by atoms with Gasteiger partial charge >= 0.3 is 0 Å². The van der Waals surface area contributed by atoms with Crippen LogP contribution in [0, 0.1) is 16.7 Å². The van der Waals surface area contributed by atoms with Crippen LogP contribution < -0.4 is 5.32 Å². The van der Waals surface area contributed by atoms with Gasteiger partial charge in [-0.1, -0.05) is 33.3 Å². The standard InChI is InChI=1S/C22H32N2O3S/c1-21(2)17-10-11-22(3,15-17)20(21)23-19(25)16-8-7-9-18(14-16)28(26,27)24-12-5-4-6-13-24/h7-9,14,17,20H,4-6,10-13,15H2,1-3H3,(H,23,25)/t17-,20-,22-/m1/s1. The number of hydrogen-bond donors (Lipinski definition) is 1. The summed E-state index contributed by atoms with van der Waals surface area (Å²) in [7, 11) is -3.54. The molecule has 2 bridgehead atoms. The van der Waals surface area contributed by atoms with E-state index in [0.29, 0.717) is 24.6 Å². The van der Waals surface area contributed by atoms with Gasteiger partial charge in [0.25, 0.3) is 5.91 Å². The highest BCUT2D eigenvalue weighted by Crippen LogP contribution is 2.62. The maximum Gasteiger partial charge on any atom is 0.251 e. The molecule has 5 nitrogen and oxygen atoms in total. The van der Waals surface area contributed by atoms with E-state index >= 15 is 0 Å². The van der Waals surface area contributed by atoms with E-state index in [4.69, 9.17) is 0 Å². The summed E-state index contributed by atoms with van der Waals surface area (Å²) >= 11 is 0. The molecule has 3 aliphatic rings. The van der Waals surface area contributed by atoms with Crippen LogP contribution in [0.5, 0.6) is 0 Å². The molecule has 4 rings (SSSR count). The Labute approximate surface area is 168 Å². The minimum atomic E-state index is -3.54. The summed E-state index contributed by atoms with van der Waals surface area (Å²) in [4.78, 5) is 13.3. The monoisotopic (exact) mass is 404 g/mol. The third-order valence-electron chi connectivity index (χ3n) is 7.59. The van der Waals surface area contributed by atoms with Crippen LogP contribution in [0.3, 0.4) is 0 Å². The zero-order chi connectivity index (χ0) is 20.2. The number of amides is 1. The minimum Gasteiger partial charge on any atom is -0.348 e. The summed E-state index contributed by atoms with van der Waals surface area (Å²) in [6, 6.07) is 6.66. The lowest BCUT2D eigenvalue weighted by molar-refractivity contribution is 0.0737. The first-order valence-electron chi connectivity index (χ1n) is 10.6. The number of rotatable bonds is 4. The van der Waals surface area contributed by atoms with Crippen molar-refractivity contribution in [2.45, 2.75) is 70.2 Å². The van der Waals surface area contributed by atoms with Crippen molar-refractivity contribution in [3.05, 3.63) is 29.8 Å². The summed E-state index contributed by atoms with van der Waals surface area (Å²) in [5.74, 6) is 0.483. The molecule has 2 aliphatic carbocycles. The maximum absolute atomic E-state index is 13.0. The van der Waals surface area contributed by atoms with Gasteiger partial charge in [-0.25, -0.2) is 8.42 Å². The Bertz CT molecular complexity index is 869. The Morgan fingerprint density at radius 3 is 2.50 bits per heavy atom. The molecule has 1 saturated heterocycles. The molecular formula is C22H32N2O3S. The van der Waals surface area contributed by atoms with Crippen LogP contribution in [0.25, 0.3) is 0 Å². The van der Waals surface area contributed by atoms with E-state index in [2.05, 4.69) is 26.1 Å². The zero-order valence-corrected chi connectivity index (χ0v) is 18.0. The summed E-state index contributed by atoms with van der Waals surface area (Å²) < 4.78 is 27.5. The van der Waals surface area contributed by atoms with Crippen molar-refractivity contribution in [1.29, 1.82) is 0 Å². The summed E-state index contributed by atoms with van der Waals surface area (Å²) in [5.41, 5.74) is 0.641. The second kappa shape index (κ2) is 6.84. The fraction of sp³-hybridized carbons (Fsp3) is 0.682. The number of sulfonamides is 1. The predicted molar refractivity (Wildman–Crippen MR) is 110 cm³/mol. The van der Waals surface area contributed by atoms with Crippen LogP contribution in [0.4, 0.5) is 0 Å². The van der Waals surface area contributed by atoms with Gasteiger partial charge in [0.05, 0.1) is 4.90 Å². The van der Waals surface area contributed by atoms with Crippen LogP contribution in [-0.4, -0.2) is 37.8 Å². The molecule has 3 atom stereocenters. The lowest BCUT2D eigenvalue weighted by Crippen LogP contribution is -2.52. The highest BCUT2D eigenvalue weighted by Gasteiger charge is 2.59. The number of hydrogen-bond acceptors (Lipinski definition) is 3. The summed E-state index contributed by atoms with van der Waals surface area (Å²) in [6.07, 6.45) is 6.42. The van der Waals surface area contributed by atoms with Crippen LogP contribution in [0.15, 0.2) is 29.2 Å². The second-order valence-electron chi connectivity index (χ2n) is 9.81. The molecule has 3 fully saturated rings. The fourth-order valence-electron chi connectivity index (χ4n) is 5.93. The van der Waals surface area contributed by atoms with Gasteiger partial charge in [-0.2, -0.15) is 4.31 Å². The maximum atomic E-state index is 13.0. The Kier molecular flexibility index (Phi) is 4.86. The Hall–Kier alpha value is -1.40. The molecule has 154 valence electrons. The molecular weight excluding hydrogens is 372 g/mol. The van der Waals surface area contributed by atoms with E-state index in [1.54, 1.807) is 28.6 Å². The number of piperidine rings is 1. The van der Waals surface area contributed by atoms with E-state index in [1.165, 1.54) is 6.42 Å². The van der Waals surface area contributed by atoms with Gasteiger partial charge in [0.2, 0.25) is 10.0 Å². The van der Waals surface area contributed by atoms with Crippen molar-refractivity contribution >= 4 is 15.9 Å². The number of carbonyl (C=O) groups excluding carboxylic acids is 1. The summed E-state index contributed by atoms with van der Waals surface area (Å²) in [6.45, 7) is 7.92. The molecule has 0 radical (unpaired) electrons. The smallest absolute Gasteiger partial charge is 0.251 e.